The number of methoxy groups -OCH3 is 2. The molecule has 1 aromatic heterocycles. The Morgan fingerprint density at radius 3 is 2.50 bits per heavy atom. The van der Waals surface area contributed by atoms with E-state index in [9.17, 15) is 9.59 Å². The number of anilines is 1. The molecule has 2 aromatic carbocycles. The summed E-state index contributed by atoms with van der Waals surface area (Å²) in [6.45, 7) is 2.36. The Morgan fingerprint density at radius 1 is 1.03 bits per heavy atom. The van der Waals surface area contributed by atoms with Crippen LogP contribution in [-0.4, -0.2) is 36.1 Å². The first kappa shape index (κ1) is 21.6. The molecule has 7 nitrogen and oxygen atoms in total. The number of hydrogen-bond acceptors (Lipinski definition) is 5. The van der Waals surface area contributed by atoms with E-state index >= 15 is 0 Å². The zero-order chi connectivity index (χ0) is 22.5. The highest BCUT2D eigenvalue weighted by molar-refractivity contribution is 5.90. The number of fused-ring (bicyclic) bond motifs is 1. The van der Waals surface area contributed by atoms with E-state index in [4.69, 9.17) is 9.47 Å². The lowest BCUT2D eigenvalue weighted by Crippen LogP contribution is -2.32. The molecule has 0 bridgehead atoms. The topological polar surface area (TPSA) is 72.8 Å². The Balaban J connectivity index is 1.51. The molecular weight excluding hydrogens is 406 g/mol. The minimum atomic E-state index is -0.189. The maximum Gasteiger partial charge on any atom is 0.244 e. The highest BCUT2D eigenvalue weighted by atomic mass is 16.5. The van der Waals surface area contributed by atoms with Gasteiger partial charge >= 0.3 is 0 Å². The van der Waals surface area contributed by atoms with Crippen molar-refractivity contribution in [2.24, 2.45) is 0 Å². The summed E-state index contributed by atoms with van der Waals surface area (Å²) in [7, 11) is 3.06. The molecule has 1 amide bonds. The molecule has 0 saturated heterocycles. The maximum atomic E-state index is 12.7. The third-order valence-corrected chi connectivity index (χ3v) is 5.69. The summed E-state index contributed by atoms with van der Waals surface area (Å²) in [5.74, 6) is 0.750. The number of hydrogen-bond donors (Lipinski definition) is 1. The molecule has 2 heterocycles. The van der Waals surface area contributed by atoms with Gasteiger partial charge in [0.1, 0.15) is 12.3 Å². The minimum Gasteiger partial charge on any atom is -0.497 e. The van der Waals surface area contributed by atoms with Crippen LogP contribution in [0, 0.1) is 0 Å². The van der Waals surface area contributed by atoms with E-state index in [0.717, 1.165) is 31.0 Å². The summed E-state index contributed by atoms with van der Waals surface area (Å²) >= 11 is 0. The predicted octanol–water partition coefficient (Wildman–Crippen LogP) is 3.06. The standard InChI is InChI=1S/C25H27N3O4/c1-31-22-9-7-20(8-10-22)26-25(30)17-28-16-24(32-2)23(29)13-21(28)15-27-12-11-18-5-3-4-6-19(18)14-27/h3-10,13,16H,11-12,14-15,17H2,1-2H3,(H,26,30). The van der Waals surface area contributed by atoms with Crippen molar-refractivity contribution in [3.05, 3.63) is 87.8 Å². The lowest BCUT2D eigenvalue weighted by molar-refractivity contribution is -0.116. The van der Waals surface area contributed by atoms with Gasteiger partial charge in [-0.2, -0.15) is 0 Å². The van der Waals surface area contributed by atoms with Gasteiger partial charge in [-0.25, -0.2) is 0 Å². The van der Waals surface area contributed by atoms with Crippen molar-refractivity contribution in [3.8, 4) is 11.5 Å². The molecule has 0 fully saturated rings. The number of ether oxygens (including phenoxy) is 2. The van der Waals surface area contributed by atoms with E-state index in [0.29, 0.717) is 12.2 Å². The molecule has 0 spiro atoms. The Kier molecular flexibility index (Phi) is 6.56. The minimum absolute atomic E-state index is 0.0719. The molecule has 0 aliphatic carbocycles. The van der Waals surface area contributed by atoms with Crippen molar-refractivity contribution in [2.75, 3.05) is 26.1 Å². The smallest absolute Gasteiger partial charge is 0.244 e. The molecule has 1 aliphatic rings. The second-order valence-corrected chi connectivity index (χ2v) is 7.83. The van der Waals surface area contributed by atoms with E-state index in [2.05, 4.69) is 34.5 Å². The lowest BCUT2D eigenvalue weighted by atomic mass is 10.00. The van der Waals surface area contributed by atoms with Crippen LogP contribution in [0.25, 0.3) is 0 Å². The molecular formula is C25H27N3O4. The van der Waals surface area contributed by atoms with Crippen LogP contribution >= 0.6 is 0 Å². The zero-order valence-corrected chi connectivity index (χ0v) is 18.3. The predicted molar refractivity (Wildman–Crippen MR) is 123 cm³/mol. The number of pyridine rings is 1. The SMILES string of the molecule is COc1ccc(NC(=O)Cn2cc(OC)c(=O)cc2CN2CCc3ccccc3C2)cc1. The first-order valence-corrected chi connectivity index (χ1v) is 10.6. The summed E-state index contributed by atoms with van der Waals surface area (Å²) in [6, 6.07) is 17.1. The van der Waals surface area contributed by atoms with Crippen molar-refractivity contribution < 1.29 is 14.3 Å². The Labute approximate surface area is 187 Å². The number of rotatable bonds is 7. The van der Waals surface area contributed by atoms with Crippen molar-refractivity contribution in [1.82, 2.24) is 9.47 Å². The zero-order valence-electron chi connectivity index (χ0n) is 18.3. The number of carbonyl (C=O) groups excluding carboxylic acids is 1. The molecule has 0 saturated carbocycles. The van der Waals surface area contributed by atoms with Gasteiger partial charge in [-0.3, -0.25) is 14.5 Å². The van der Waals surface area contributed by atoms with Crippen molar-refractivity contribution in [2.45, 2.75) is 26.1 Å². The molecule has 4 rings (SSSR count). The van der Waals surface area contributed by atoms with Crippen molar-refractivity contribution in [3.63, 3.8) is 0 Å². The van der Waals surface area contributed by atoms with E-state index in [1.165, 1.54) is 18.2 Å². The molecule has 1 N–H and O–H groups in total. The van der Waals surface area contributed by atoms with Gasteiger partial charge in [-0.15, -0.1) is 0 Å². The number of carbonyl (C=O) groups is 1. The van der Waals surface area contributed by atoms with Gasteiger partial charge in [0.25, 0.3) is 0 Å². The van der Waals surface area contributed by atoms with Gasteiger partial charge in [0.05, 0.1) is 20.4 Å². The van der Waals surface area contributed by atoms with Crippen LogP contribution in [0.5, 0.6) is 11.5 Å². The molecule has 0 unspecified atom stereocenters. The molecule has 32 heavy (non-hydrogen) atoms. The van der Waals surface area contributed by atoms with Crippen LogP contribution in [-0.2, 0) is 30.8 Å². The third-order valence-electron chi connectivity index (χ3n) is 5.69. The molecule has 166 valence electrons. The lowest BCUT2D eigenvalue weighted by Gasteiger charge is -2.29. The summed E-state index contributed by atoms with van der Waals surface area (Å²) in [5, 5.41) is 2.89. The Hall–Kier alpha value is -3.58. The second kappa shape index (κ2) is 9.70. The fourth-order valence-electron chi connectivity index (χ4n) is 3.98. The van der Waals surface area contributed by atoms with Gasteiger partial charge in [0.2, 0.25) is 11.3 Å². The van der Waals surface area contributed by atoms with Crippen LogP contribution in [0.1, 0.15) is 16.8 Å². The van der Waals surface area contributed by atoms with Gasteiger partial charge in [0, 0.05) is 37.1 Å². The van der Waals surface area contributed by atoms with Gasteiger partial charge in [-0.05, 0) is 41.8 Å². The normalized spacial score (nSPS) is 13.3. The van der Waals surface area contributed by atoms with Crippen LogP contribution in [0.4, 0.5) is 5.69 Å². The Morgan fingerprint density at radius 2 is 1.78 bits per heavy atom. The maximum absolute atomic E-state index is 12.7. The number of amides is 1. The van der Waals surface area contributed by atoms with Crippen molar-refractivity contribution >= 4 is 11.6 Å². The van der Waals surface area contributed by atoms with E-state index in [1.807, 2.05) is 0 Å². The summed E-state index contributed by atoms with van der Waals surface area (Å²) in [6.07, 6.45) is 2.58. The van der Waals surface area contributed by atoms with Crippen LogP contribution in [0.2, 0.25) is 0 Å². The Bertz CT molecular complexity index is 1150. The van der Waals surface area contributed by atoms with Crippen LogP contribution < -0.4 is 20.2 Å². The summed E-state index contributed by atoms with van der Waals surface area (Å²) < 4.78 is 12.2. The largest absolute Gasteiger partial charge is 0.497 e. The number of nitrogens with one attached hydrogen (secondary N) is 1. The van der Waals surface area contributed by atoms with E-state index < -0.39 is 0 Å². The molecule has 7 heteroatoms. The first-order valence-electron chi connectivity index (χ1n) is 10.6. The quantitative estimate of drug-likeness (QED) is 0.620. The fraction of sp³-hybridized carbons (Fsp3) is 0.280. The first-order chi connectivity index (χ1) is 15.6. The van der Waals surface area contributed by atoms with Crippen LogP contribution in [0.3, 0.4) is 0 Å². The molecule has 1 aliphatic heterocycles. The van der Waals surface area contributed by atoms with E-state index in [-0.39, 0.29) is 23.6 Å². The van der Waals surface area contributed by atoms with Gasteiger partial charge in [-0.1, -0.05) is 24.3 Å². The highest BCUT2D eigenvalue weighted by Gasteiger charge is 2.18. The number of nitrogens with zero attached hydrogens (tertiary/aromatic N) is 2. The number of aromatic nitrogens is 1. The number of benzene rings is 2. The fourth-order valence-corrected chi connectivity index (χ4v) is 3.98. The van der Waals surface area contributed by atoms with E-state index in [1.54, 1.807) is 48.2 Å². The van der Waals surface area contributed by atoms with Crippen molar-refractivity contribution in [1.29, 1.82) is 0 Å². The summed E-state index contributed by atoms with van der Waals surface area (Å²) in [5.41, 5.74) is 3.94. The second-order valence-electron chi connectivity index (χ2n) is 7.83. The van der Waals surface area contributed by atoms with Gasteiger partial charge in [0.15, 0.2) is 5.75 Å². The monoisotopic (exact) mass is 433 g/mol. The average molecular weight is 434 g/mol. The molecule has 0 atom stereocenters. The summed E-state index contributed by atoms with van der Waals surface area (Å²) in [4.78, 5) is 27.5. The van der Waals surface area contributed by atoms with Crippen LogP contribution in [0.15, 0.2) is 65.6 Å². The average Bonchev–Trinajstić information content (AvgIpc) is 2.81. The third kappa shape index (κ3) is 5.00. The van der Waals surface area contributed by atoms with Gasteiger partial charge < -0.3 is 19.4 Å². The molecule has 0 radical (unpaired) electrons. The molecule has 3 aromatic rings. The highest BCUT2D eigenvalue weighted by Crippen LogP contribution is 2.21.